The van der Waals surface area contributed by atoms with Crippen LogP contribution in [0, 0.1) is 17.0 Å². The maximum Gasteiger partial charge on any atom is 0.303 e. The van der Waals surface area contributed by atoms with Gasteiger partial charge in [-0.1, -0.05) is 0 Å². The number of nitrogens with one attached hydrogen (secondary N) is 1. The maximum absolute atomic E-state index is 13.5. The molecule has 44 heavy (non-hydrogen) atoms. The molecule has 2 aliphatic rings. The lowest BCUT2D eigenvalue weighted by Gasteiger charge is -2.42. The monoisotopic (exact) mass is 612 g/mol. The van der Waals surface area contributed by atoms with Crippen LogP contribution < -0.4 is 10.1 Å². The Morgan fingerprint density at radius 1 is 1.09 bits per heavy atom. The smallest absolute Gasteiger partial charge is 0.303 e. The summed E-state index contributed by atoms with van der Waals surface area (Å²) in [6, 6.07) is 9.03. The number of hydrogen-bond acceptors (Lipinski definition) is 8. The van der Waals surface area contributed by atoms with E-state index in [4.69, 9.17) is 9.47 Å². The highest BCUT2D eigenvalue weighted by atomic mass is 19.1. The largest absolute Gasteiger partial charge is 0.497 e. The highest BCUT2D eigenvalue weighted by molar-refractivity contribution is 5.85. The van der Waals surface area contributed by atoms with Crippen molar-refractivity contribution in [3.63, 3.8) is 0 Å². The zero-order valence-electron chi connectivity index (χ0n) is 25.2. The second-order valence-electron chi connectivity index (χ2n) is 12.0. The summed E-state index contributed by atoms with van der Waals surface area (Å²) >= 11 is 0. The fraction of sp³-hybridized carbons (Fsp3) is 0.515. The number of carboxylic acid groups (broad SMARTS) is 1. The number of likely N-dealkylation sites (tertiary alicyclic amines) is 1. The van der Waals surface area contributed by atoms with Crippen molar-refractivity contribution in [1.82, 2.24) is 14.8 Å². The summed E-state index contributed by atoms with van der Waals surface area (Å²) in [6.45, 7) is 6.18. The van der Waals surface area contributed by atoms with Gasteiger partial charge in [-0.05, 0) is 85.6 Å². The molecule has 0 radical (unpaired) electrons. The number of aromatic nitrogens is 1. The Hall–Kier alpha value is -3.38. The van der Waals surface area contributed by atoms with Crippen LogP contribution in [-0.2, 0) is 16.1 Å². The number of pyridine rings is 1. The molecule has 238 valence electrons. The second kappa shape index (κ2) is 14.6. The quantitative estimate of drug-likeness (QED) is 0.250. The lowest BCUT2D eigenvalue weighted by Crippen LogP contribution is -2.43. The lowest BCUT2D eigenvalue weighted by atomic mass is 9.71. The Bertz CT molecular complexity index is 1410. The molecule has 1 aromatic heterocycles. The fourth-order valence-electron chi connectivity index (χ4n) is 6.57. The first-order valence-electron chi connectivity index (χ1n) is 15.3. The highest BCUT2D eigenvalue weighted by Gasteiger charge is 2.37. The first-order chi connectivity index (χ1) is 21.2. The van der Waals surface area contributed by atoms with Crippen LogP contribution in [0.2, 0.25) is 0 Å². The Labute approximate surface area is 256 Å². The molecule has 3 aromatic rings. The van der Waals surface area contributed by atoms with E-state index in [1.165, 1.54) is 12.1 Å². The van der Waals surface area contributed by atoms with E-state index in [2.05, 4.69) is 20.1 Å². The standard InChI is InChI=1S/C33H42F2N4O5/c1-43-27-2-3-29-28(19-27)32(23(21-37-29)22-39-12-14-44-15-13-39)30(40)4-5-33(20-31(41)42)6-9-38(10-7-33)11-8-36-26-17-24(34)16-25(35)18-26/h2-3,16-19,21,30,36,40H,4-15,20,22H2,1H3,(H,41,42)/t30-/m0/s1. The number of hydrogen-bond donors (Lipinski definition) is 3. The first kappa shape index (κ1) is 32.0. The number of benzene rings is 2. The fourth-order valence-corrected chi connectivity index (χ4v) is 6.57. The number of rotatable bonds is 13. The third-order valence-electron chi connectivity index (χ3n) is 9.04. The van der Waals surface area contributed by atoms with E-state index >= 15 is 0 Å². The number of aliphatic hydroxyl groups excluding tert-OH is 1. The summed E-state index contributed by atoms with van der Waals surface area (Å²) in [5, 5.41) is 25.5. The number of morpholine rings is 1. The number of aliphatic hydroxyl groups is 1. The van der Waals surface area contributed by atoms with Crippen molar-refractivity contribution < 1.29 is 33.3 Å². The molecule has 0 amide bonds. The van der Waals surface area contributed by atoms with Crippen LogP contribution >= 0.6 is 0 Å². The number of anilines is 1. The van der Waals surface area contributed by atoms with Crippen LogP contribution in [0.1, 0.15) is 49.3 Å². The van der Waals surface area contributed by atoms with Gasteiger partial charge in [0.15, 0.2) is 0 Å². The molecule has 0 saturated carbocycles. The number of methoxy groups -OCH3 is 1. The van der Waals surface area contributed by atoms with Crippen molar-refractivity contribution in [2.45, 2.75) is 44.8 Å². The minimum atomic E-state index is -0.838. The third-order valence-corrected chi connectivity index (χ3v) is 9.04. The first-order valence-corrected chi connectivity index (χ1v) is 15.3. The average molecular weight is 613 g/mol. The van der Waals surface area contributed by atoms with Gasteiger partial charge in [0.25, 0.3) is 0 Å². The summed E-state index contributed by atoms with van der Waals surface area (Å²) < 4.78 is 38.0. The summed E-state index contributed by atoms with van der Waals surface area (Å²) in [7, 11) is 1.61. The normalized spacial score (nSPS) is 18.3. The summed E-state index contributed by atoms with van der Waals surface area (Å²) in [6.07, 6.45) is 3.45. The summed E-state index contributed by atoms with van der Waals surface area (Å²) in [5.74, 6) is -1.41. The number of aliphatic carboxylic acids is 1. The maximum atomic E-state index is 13.5. The molecule has 2 fully saturated rings. The minimum Gasteiger partial charge on any atom is -0.497 e. The number of ether oxygens (including phenoxy) is 2. The summed E-state index contributed by atoms with van der Waals surface area (Å²) in [4.78, 5) is 21.2. The van der Waals surface area contributed by atoms with Gasteiger partial charge in [-0.15, -0.1) is 0 Å². The van der Waals surface area contributed by atoms with E-state index in [1.807, 2.05) is 24.4 Å². The zero-order valence-corrected chi connectivity index (χ0v) is 25.2. The van der Waals surface area contributed by atoms with Crippen LogP contribution in [0.15, 0.2) is 42.6 Å². The van der Waals surface area contributed by atoms with Crippen molar-refractivity contribution in [3.8, 4) is 5.75 Å². The van der Waals surface area contributed by atoms with E-state index < -0.39 is 29.1 Å². The highest BCUT2D eigenvalue weighted by Crippen LogP contribution is 2.42. The van der Waals surface area contributed by atoms with Gasteiger partial charge in [0, 0.05) is 56.1 Å². The van der Waals surface area contributed by atoms with Gasteiger partial charge in [-0.2, -0.15) is 0 Å². The Morgan fingerprint density at radius 3 is 2.50 bits per heavy atom. The summed E-state index contributed by atoms with van der Waals surface area (Å²) in [5.41, 5.74) is 2.50. The van der Waals surface area contributed by atoms with Gasteiger partial charge in [0.2, 0.25) is 0 Å². The Balaban J connectivity index is 1.27. The molecular formula is C33H42F2N4O5. The van der Waals surface area contributed by atoms with Crippen LogP contribution in [0.25, 0.3) is 10.9 Å². The Morgan fingerprint density at radius 2 is 1.82 bits per heavy atom. The minimum absolute atomic E-state index is 0.0416. The van der Waals surface area contributed by atoms with Gasteiger partial charge in [0.1, 0.15) is 17.4 Å². The van der Waals surface area contributed by atoms with E-state index in [-0.39, 0.29) is 6.42 Å². The lowest BCUT2D eigenvalue weighted by molar-refractivity contribution is -0.141. The molecule has 1 atom stereocenters. The van der Waals surface area contributed by atoms with Crippen LogP contribution in [0.3, 0.4) is 0 Å². The predicted molar refractivity (Wildman–Crippen MR) is 164 cm³/mol. The van der Waals surface area contributed by atoms with Crippen LogP contribution in [0.4, 0.5) is 14.5 Å². The number of nitrogens with zero attached hydrogens (tertiary/aromatic N) is 3. The third kappa shape index (κ3) is 8.20. The molecular weight excluding hydrogens is 570 g/mol. The van der Waals surface area contributed by atoms with Crippen molar-refractivity contribution in [3.05, 3.63) is 65.4 Å². The van der Waals surface area contributed by atoms with Gasteiger partial charge >= 0.3 is 5.97 Å². The van der Waals surface area contributed by atoms with E-state index in [0.29, 0.717) is 83.1 Å². The topological polar surface area (TPSA) is 107 Å². The van der Waals surface area contributed by atoms with Gasteiger partial charge < -0.3 is 29.9 Å². The van der Waals surface area contributed by atoms with Crippen molar-refractivity contribution in [2.24, 2.45) is 5.41 Å². The molecule has 11 heteroatoms. The zero-order chi connectivity index (χ0) is 31.1. The van der Waals surface area contributed by atoms with Gasteiger partial charge in [-0.3, -0.25) is 14.7 Å². The number of carboxylic acids is 1. The Kier molecular flexibility index (Phi) is 10.6. The van der Waals surface area contributed by atoms with E-state index in [9.17, 15) is 23.8 Å². The molecule has 5 rings (SSSR count). The average Bonchev–Trinajstić information content (AvgIpc) is 3.00. The number of carbonyl (C=O) groups is 1. The molecule has 9 nitrogen and oxygen atoms in total. The van der Waals surface area contributed by atoms with Crippen molar-refractivity contribution in [1.29, 1.82) is 0 Å². The molecule has 0 unspecified atom stereocenters. The molecule has 3 heterocycles. The van der Waals surface area contributed by atoms with E-state index in [1.54, 1.807) is 7.11 Å². The molecule has 3 N–H and O–H groups in total. The molecule has 2 aromatic carbocycles. The molecule has 0 spiro atoms. The number of halogens is 2. The number of fused-ring (bicyclic) bond motifs is 1. The molecule has 2 aliphatic heterocycles. The van der Waals surface area contributed by atoms with Crippen LogP contribution in [-0.4, -0.2) is 90.6 Å². The van der Waals surface area contributed by atoms with Crippen molar-refractivity contribution >= 4 is 22.6 Å². The van der Waals surface area contributed by atoms with Gasteiger partial charge in [0.05, 0.1) is 38.4 Å². The molecule has 2 saturated heterocycles. The molecule has 0 bridgehead atoms. The second-order valence-corrected chi connectivity index (χ2v) is 12.0. The number of piperidine rings is 1. The predicted octanol–water partition coefficient (Wildman–Crippen LogP) is 4.84. The SMILES string of the molecule is COc1ccc2ncc(CN3CCOCC3)c([C@@H](O)CCC3(CC(=O)O)CCN(CCNc4cc(F)cc(F)c4)CC3)c2c1. The van der Waals surface area contributed by atoms with Gasteiger partial charge in [-0.25, -0.2) is 8.78 Å². The van der Waals surface area contributed by atoms with Crippen LogP contribution in [0.5, 0.6) is 5.75 Å². The molecule has 0 aliphatic carbocycles. The van der Waals surface area contributed by atoms with Crippen molar-refractivity contribution in [2.75, 3.05) is 64.9 Å². The van der Waals surface area contributed by atoms with E-state index in [0.717, 1.165) is 41.2 Å².